The molecule has 0 bridgehead atoms. The lowest BCUT2D eigenvalue weighted by Gasteiger charge is -2.31. The summed E-state index contributed by atoms with van der Waals surface area (Å²) in [6.07, 6.45) is 10.6. The summed E-state index contributed by atoms with van der Waals surface area (Å²) in [5.74, 6) is 1.09. The maximum atomic E-state index is 12.4. The Morgan fingerprint density at radius 1 is 1.08 bits per heavy atom. The van der Waals surface area contributed by atoms with Crippen LogP contribution in [0, 0.1) is 13.8 Å². The van der Waals surface area contributed by atoms with Crippen LogP contribution in [0.15, 0.2) is 24.7 Å². The lowest BCUT2D eigenvalue weighted by atomic mass is 9.83. The van der Waals surface area contributed by atoms with E-state index in [0.717, 1.165) is 78.4 Å². The van der Waals surface area contributed by atoms with Gasteiger partial charge in [0.1, 0.15) is 6.33 Å². The predicted molar refractivity (Wildman–Crippen MR) is 156 cm³/mol. The highest BCUT2D eigenvalue weighted by Crippen LogP contribution is 2.39. The molecule has 2 fully saturated rings. The van der Waals surface area contributed by atoms with Crippen molar-refractivity contribution in [3.05, 3.63) is 47.0 Å². The predicted octanol–water partition coefficient (Wildman–Crippen LogP) is 5.60. The summed E-state index contributed by atoms with van der Waals surface area (Å²) in [4.78, 5) is 13.4. The molecule has 1 aliphatic carbocycles. The largest absolute Gasteiger partial charge is 0.353 e. The van der Waals surface area contributed by atoms with Crippen molar-refractivity contribution in [2.75, 3.05) is 12.3 Å². The monoisotopic (exact) mass is 548 g/mol. The van der Waals surface area contributed by atoms with Gasteiger partial charge in [-0.25, -0.2) is 17.9 Å². The summed E-state index contributed by atoms with van der Waals surface area (Å²) in [6, 6.07) is 4.78. The van der Waals surface area contributed by atoms with Crippen molar-refractivity contribution >= 4 is 26.5 Å². The first-order valence-corrected chi connectivity index (χ1v) is 16.2. The average Bonchev–Trinajstić information content (AvgIpc) is 3.54. The molecule has 2 aliphatic rings. The number of aromatic nitrogens is 5. The summed E-state index contributed by atoms with van der Waals surface area (Å²) >= 11 is 0. The number of aromatic amines is 1. The third-order valence-electron chi connectivity index (χ3n) is 9.17. The number of hydrogen-bond donors (Lipinski definition) is 2. The summed E-state index contributed by atoms with van der Waals surface area (Å²) in [5, 5.41) is 7.80. The SMILES string of the molecule is Cc1c(-c2[nH]c3ccc(C4CCC(NCC5CCCCS5(=O)=O)CC4)nc3c2C(C)C)cn2ncnc2c1C. The molecule has 1 atom stereocenters. The first-order chi connectivity index (χ1) is 18.7. The lowest BCUT2D eigenvalue weighted by Crippen LogP contribution is -2.42. The van der Waals surface area contributed by atoms with Crippen LogP contribution in [0.3, 0.4) is 0 Å². The van der Waals surface area contributed by atoms with Crippen LogP contribution in [0.4, 0.5) is 0 Å². The quantitative estimate of drug-likeness (QED) is 0.325. The van der Waals surface area contributed by atoms with E-state index in [9.17, 15) is 8.42 Å². The molecule has 8 nitrogen and oxygen atoms in total. The second kappa shape index (κ2) is 10.3. The van der Waals surface area contributed by atoms with E-state index in [1.807, 2.05) is 4.52 Å². The highest BCUT2D eigenvalue weighted by molar-refractivity contribution is 7.92. The first-order valence-electron chi connectivity index (χ1n) is 14.5. The van der Waals surface area contributed by atoms with Crippen LogP contribution in [0.1, 0.15) is 93.0 Å². The fourth-order valence-electron chi connectivity index (χ4n) is 6.70. The molecular formula is C30H40N6O2S. The number of pyridine rings is 2. The van der Waals surface area contributed by atoms with Crippen molar-refractivity contribution in [1.29, 1.82) is 0 Å². The van der Waals surface area contributed by atoms with Crippen molar-refractivity contribution in [1.82, 2.24) is 29.9 Å². The molecule has 4 aromatic heterocycles. The van der Waals surface area contributed by atoms with E-state index in [-0.39, 0.29) is 5.25 Å². The average molecular weight is 549 g/mol. The summed E-state index contributed by atoms with van der Waals surface area (Å²) < 4.78 is 26.6. The summed E-state index contributed by atoms with van der Waals surface area (Å²) in [7, 11) is -2.92. The zero-order chi connectivity index (χ0) is 27.3. The van der Waals surface area contributed by atoms with E-state index in [0.29, 0.717) is 30.2 Å². The molecule has 1 unspecified atom stereocenters. The van der Waals surface area contributed by atoms with Crippen LogP contribution < -0.4 is 5.32 Å². The van der Waals surface area contributed by atoms with Gasteiger partial charge < -0.3 is 10.3 Å². The molecular weight excluding hydrogens is 508 g/mol. The maximum absolute atomic E-state index is 12.4. The Morgan fingerprint density at radius 3 is 2.62 bits per heavy atom. The van der Waals surface area contributed by atoms with Crippen molar-refractivity contribution in [2.45, 2.75) is 95.8 Å². The normalized spacial score (nSPS) is 23.7. The van der Waals surface area contributed by atoms with Gasteiger partial charge in [0.25, 0.3) is 0 Å². The van der Waals surface area contributed by atoms with Crippen molar-refractivity contribution in [3.63, 3.8) is 0 Å². The van der Waals surface area contributed by atoms with Gasteiger partial charge in [-0.15, -0.1) is 0 Å². The van der Waals surface area contributed by atoms with E-state index in [1.165, 1.54) is 16.8 Å². The van der Waals surface area contributed by atoms with Gasteiger partial charge >= 0.3 is 0 Å². The Bertz CT molecular complexity index is 1610. The van der Waals surface area contributed by atoms with Gasteiger partial charge in [-0.2, -0.15) is 5.10 Å². The number of fused-ring (bicyclic) bond motifs is 2. The maximum Gasteiger partial charge on any atom is 0.158 e. The molecule has 1 saturated carbocycles. The minimum atomic E-state index is -2.92. The third-order valence-corrected chi connectivity index (χ3v) is 11.4. The van der Waals surface area contributed by atoms with Crippen LogP contribution in [0.2, 0.25) is 0 Å². The number of hydrogen-bond acceptors (Lipinski definition) is 6. The number of sulfone groups is 1. The zero-order valence-corrected chi connectivity index (χ0v) is 24.3. The van der Waals surface area contributed by atoms with Gasteiger partial charge in [0, 0.05) is 41.5 Å². The van der Waals surface area contributed by atoms with E-state index >= 15 is 0 Å². The number of nitrogens with one attached hydrogen (secondary N) is 2. The summed E-state index contributed by atoms with van der Waals surface area (Å²) in [5.41, 5.74) is 10.0. The molecule has 6 rings (SSSR count). The Labute approximate surface area is 230 Å². The number of H-pyrrole nitrogens is 1. The third kappa shape index (κ3) is 4.88. The van der Waals surface area contributed by atoms with Crippen LogP contribution in [0.25, 0.3) is 27.9 Å². The zero-order valence-electron chi connectivity index (χ0n) is 23.5. The Morgan fingerprint density at radius 2 is 1.87 bits per heavy atom. The molecule has 1 saturated heterocycles. The second-order valence-corrected chi connectivity index (χ2v) is 14.4. The van der Waals surface area contributed by atoms with E-state index in [4.69, 9.17) is 4.98 Å². The van der Waals surface area contributed by atoms with Crippen LogP contribution in [-0.4, -0.2) is 56.6 Å². The van der Waals surface area contributed by atoms with Crippen molar-refractivity contribution in [3.8, 4) is 11.3 Å². The van der Waals surface area contributed by atoms with Gasteiger partial charge in [0.15, 0.2) is 15.5 Å². The number of aryl methyl sites for hydroxylation is 1. The smallest absolute Gasteiger partial charge is 0.158 e. The molecule has 2 N–H and O–H groups in total. The van der Waals surface area contributed by atoms with Crippen LogP contribution in [-0.2, 0) is 9.84 Å². The van der Waals surface area contributed by atoms with Gasteiger partial charge in [-0.3, -0.25) is 4.98 Å². The van der Waals surface area contributed by atoms with E-state index in [1.54, 1.807) is 6.33 Å². The molecule has 0 radical (unpaired) electrons. The number of rotatable bonds is 6. The van der Waals surface area contributed by atoms with Gasteiger partial charge in [-0.1, -0.05) is 20.3 Å². The minimum absolute atomic E-state index is 0.206. The highest BCUT2D eigenvalue weighted by Gasteiger charge is 2.30. The van der Waals surface area contributed by atoms with Crippen LogP contribution in [0.5, 0.6) is 0 Å². The second-order valence-electron chi connectivity index (χ2n) is 12.0. The molecule has 0 aromatic carbocycles. The van der Waals surface area contributed by atoms with Gasteiger partial charge in [-0.05, 0) is 81.5 Å². The lowest BCUT2D eigenvalue weighted by molar-refractivity contribution is 0.337. The van der Waals surface area contributed by atoms with Gasteiger partial charge in [0.2, 0.25) is 0 Å². The molecule has 0 amide bonds. The topological polar surface area (TPSA) is 105 Å². The molecule has 0 spiro atoms. The molecule has 5 heterocycles. The van der Waals surface area contributed by atoms with Crippen LogP contribution >= 0.6 is 0 Å². The Kier molecular flexibility index (Phi) is 7.00. The molecule has 1 aliphatic heterocycles. The minimum Gasteiger partial charge on any atom is -0.353 e. The molecule has 39 heavy (non-hydrogen) atoms. The Hall–Kier alpha value is -2.78. The van der Waals surface area contributed by atoms with E-state index < -0.39 is 9.84 Å². The summed E-state index contributed by atoms with van der Waals surface area (Å²) in [6.45, 7) is 9.34. The standard InChI is InChI=1S/C30H40N6O2S/c1-18(2)27-28(24-16-36-30(32-17-33-36)20(4)19(24)3)35-26-13-12-25(34-29(26)27)21-8-10-22(11-9-21)31-15-23-7-5-6-14-39(23,37)38/h12-13,16-18,21-23,31,35H,5-11,14-15H2,1-4H3. The molecule has 9 heteroatoms. The number of nitrogens with zero attached hydrogens (tertiary/aromatic N) is 4. The van der Waals surface area contributed by atoms with Crippen molar-refractivity contribution in [2.24, 2.45) is 0 Å². The first kappa shape index (κ1) is 26.4. The molecule has 4 aromatic rings. The van der Waals surface area contributed by atoms with Gasteiger partial charge in [0.05, 0.1) is 27.7 Å². The highest BCUT2D eigenvalue weighted by atomic mass is 32.2. The molecule has 208 valence electrons. The Balaban J connectivity index is 1.23. The fraction of sp³-hybridized carbons (Fsp3) is 0.567. The fourth-order valence-corrected chi connectivity index (χ4v) is 8.51. The van der Waals surface area contributed by atoms with Crippen molar-refractivity contribution < 1.29 is 8.42 Å². The van der Waals surface area contributed by atoms with E-state index in [2.05, 4.69) is 66.4 Å².